The van der Waals surface area contributed by atoms with Crippen LogP contribution in [0.2, 0.25) is 0 Å². The molecule has 3 aromatic rings. The van der Waals surface area contributed by atoms with Gasteiger partial charge < -0.3 is 14.7 Å². The Morgan fingerprint density at radius 3 is 2.52 bits per heavy atom. The smallest absolute Gasteiger partial charge is 0.271 e. The van der Waals surface area contributed by atoms with Crippen LogP contribution < -0.4 is 10.2 Å². The van der Waals surface area contributed by atoms with Crippen molar-refractivity contribution in [2.45, 2.75) is 33.2 Å². The molecule has 1 aliphatic heterocycles. The summed E-state index contributed by atoms with van der Waals surface area (Å²) in [7, 11) is 0. The number of rotatable bonds is 8. The molecule has 0 aliphatic carbocycles. The number of hydrogen-bond acceptors (Lipinski definition) is 5. The average Bonchev–Trinajstić information content (AvgIpc) is 3.26. The zero-order valence-electron chi connectivity index (χ0n) is 19.6. The van der Waals surface area contributed by atoms with E-state index in [9.17, 15) is 8.78 Å². The van der Waals surface area contributed by atoms with E-state index in [1.807, 2.05) is 0 Å². The summed E-state index contributed by atoms with van der Waals surface area (Å²) in [6.07, 6.45) is 0. The first-order chi connectivity index (χ1) is 15.8. The predicted molar refractivity (Wildman–Crippen MR) is 128 cm³/mol. The molecule has 7 heteroatoms. The highest BCUT2D eigenvalue weighted by Crippen LogP contribution is 2.35. The second kappa shape index (κ2) is 10.0. The number of piperazine rings is 1. The number of aromatic nitrogens is 1. The van der Waals surface area contributed by atoms with Crippen LogP contribution in [0.1, 0.15) is 29.4 Å². The van der Waals surface area contributed by atoms with E-state index in [4.69, 9.17) is 4.52 Å². The molecule has 0 radical (unpaired) electrons. The Balaban J connectivity index is 1.23. The van der Waals surface area contributed by atoms with E-state index in [-0.39, 0.29) is 5.56 Å². The molecule has 1 N–H and O–H groups in total. The van der Waals surface area contributed by atoms with Crippen LogP contribution in [0.5, 0.6) is 0 Å². The van der Waals surface area contributed by atoms with Gasteiger partial charge in [-0.15, -0.1) is 0 Å². The van der Waals surface area contributed by atoms with Crippen LogP contribution in [-0.4, -0.2) is 49.3 Å². The minimum Gasteiger partial charge on any atom is -0.369 e. The van der Waals surface area contributed by atoms with E-state index in [0.29, 0.717) is 23.6 Å². The van der Waals surface area contributed by atoms with Gasteiger partial charge in [0.2, 0.25) is 0 Å². The van der Waals surface area contributed by atoms with E-state index in [2.05, 4.69) is 52.3 Å². The second-order valence-electron chi connectivity index (χ2n) is 8.91. The number of hydrogen-bond donors (Lipinski definition) is 1. The summed E-state index contributed by atoms with van der Waals surface area (Å²) < 4.78 is 33.2. The summed E-state index contributed by atoms with van der Waals surface area (Å²) in [5, 5.41) is 7.39. The maximum Gasteiger partial charge on any atom is 0.271 e. The summed E-state index contributed by atoms with van der Waals surface area (Å²) in [5.74, 6) is -2.30. The topological polar surface area (TPSA) is 44.5 Å². The Morgan fingerprint density at radius 2 is 1.79 bits per heavy atom. The Labute approximate surface area is 194 Å². The monoisotopic (exact) mass is 454 g/mol. The molecule has 0 saturated carbocycles. The highest BCUT2D eigenvalue weighted by atomic mass is 19.3. The molecule has 4 rings (SSSR count). The molecule has 1 aliphatic rings. The summed E-state index contributed by atoms with van der Waals surface area (Å²) >= 11 is 0. The zero-order chi connectivity index (χ0) is 23.4. The molecule has 2 aromatic carbocycles. The number of anilines is 1. The Morgan fingerprint density at radius 1 is 1.03 bits per heavy atom. The number of alkyl halides is 2. The standard InChI is InChI=1S/C26H32F2N4O/c1-19-8-9-25(20(2)16-19)32-14-12-31(13-15-32)11-10-29-18-21-17-24(30-33-21)22-6-4-5-7-23(22)26(3,27)28/h4-9,16-17,29H,10-15,18H2,1-3H3. The number of halogens is 2. The van der Waals surface area contributed by atoms with Gasteiger partial charge in [-0.05, 0) is 25.5 Å². The normalized spacial score (nSPS) is 15.2. The largest absolute Gasteiger partial charge is 0.369 e. The van der Waals surface area contributed by atoms with Gasteiger partial charge >= 0.3 is 0 Å². The van der Waals surface area contributed by atoms with E-state index in [1.54, 1.807) is 24.3 Å². The van der Waals surface area contributed by atoms with Gasteiger partial charge in [0.25, 0.3) is 5.92 Å². The van der Waals surface area contributed by atoms with Gasteiger partial charge in [0.15, 0.2) is 5.76 Å². The van der Waals surface area contributed by atoms with Crippen molar-refractivity contribution in [1.29, 1.82) is 0 Å². The summed E-state index contributed by atoms with van der Waals surface area (Å²) in [5.41, 5.74) is 4.77. The number of aryl methyl sites for hydroxylation is 2. The molecule has 0 unspecified atom stereocenters. The van der Waals surface area contributed by atoms with Crippen LogP contribution in [0.15, 0.2) is 53.1 Å². The molecular weight excluding hydrogens is 422 g/mol. The van der Waals surface area contributed by atoms with E-state index < -0.39 is 5.92 Å². The molecule has 176 valence electrons. The minimum atomic E-state index is -2.93. The van der Waals surface area contributed by atoms with Crippen LogP contribution in [0.25, 0.3) is 11.3 Å². The molecule has 33 heavy (non-hydrogen) atoms. The van der Waals surface area contributed by atoms with E-state index in [1.165, 1.54) is 22.9 Å². The lowest BCUT2D eigenvalue weighted by molar-refractivity contribution is 0.0180. The number of nitrogens with one attached hydrogen (secondary N) is 1. The fourth-order valence-electron chi connectivity index (χ4n) is 4.43. The van der Waals surface area contributed by atoms with Gasteiger partial charge in [-0.1, -0.05) is 47.1 Å². The molecule has 0 bridgehead atoms. The summed E-state index contributed by atoms with van der Waals surface area (Å²) in [6, 6.07) is 14.8. The van der Waals surface area contributed by atoms with Crippen molar-refractivity contribution in [3.8, 4) is 11.3 Å². The van der Waals surface area contributed by atoms with Gasteiger partial charge in [-0.3, -0.25) is 4.90 Å². The van der Waals surface area contributed by atoms with Crippen LogP contribution in [0.4, 0.5) is 14.5 Å². The van der Waals surface area contributed by atoms with E-state index in [0.717, 1.165) is 46.2 Å². The Bertz CT molecular complexity index is 1070. The third kappa shape index (κ3) is 5.78. The quantitative estimate of drug-likeness (QED) is 0.486. The first kappa shape index (κ1) is 23.4. The first-order valence-corrected chi connectivity index (χ1v) is 11.5. The fraction of sp³-hybridized carbons (Fsp3) is 0.423. The molecule has 0 amide bonds. The van der Waals surface area contributed by atoms with Crippen molar-refractivity contribution in [2.75, 3.05) is 44.2 Å². The first-order valence-electron chi connectivity index (χ1n) is 11.5. The van der Waals surface area contributed by atoms with Gasteiger partial charge in [-0.2, -0.15) is 0 Å². The molecule has 1 aromatic heterocycles. The van der Waals surface area contributed by atoms with Gasteiger partial charge in [0.1, 0.15) is 5.69 Å². The van der Waals surface area contributed by atoms with Crippen molar-refractivity contribution >= 4 is 5.69 Å². The molecule has 1 fully saturated rings. The Kier molecular flexibility index (Phi) is 7.10. The van der Waals surface area contributed by atoms with Crippen molar-refractivity contribution in [3.05, 3.63) is 71.0 Å². The maximum atomic E-state index is 13.9. The third-order valence-corrected chi connectivity index (χ3v) is 6.20. The van der Waals surface area contributed by atoms with Crippen LogP contribution >= 0.6 is 0 Å². The van der Waals surface area contributed by atoms with E-state index >= 15 is 0 Å². The van der Waals surface area contributed by atoms with Gasteiger partial charge in [0, 0.05) is 69.1 Å². The zero-order valence-corrected chi connectivity index (χ0v) is 19.6. The lowest BCUT2D eigenvalue weighted by Gasteiger charge is -2.37. The third-order valence-electron chi connectivity index (χ3n) is 6.20. The summed E-state index contributed by atoms with van der Waals surface area (Å²) in [4.78, 5) is 4.92. The highest BCUT2D eigenvalue weighted by molar-refractivity contribution is 5.64. The second-order valence-corrected chi connectivity index (χ2v) is 8.91. The molecule has 0 spiro atoms. The molecule has 5 nitrogen and oxygen atoms in total. The van der Waals surface area contributed by atoms with Crippen LogP contribution in [0.3, 0.4) is 0 Å². The van der Waals surface area contributed by atoms with Crippen molar-refractivity contribution in [3.63, 3.8) is 0 Å². The predicted octanol–water partition coefficient (Wildman–Crippen LogP) is 4.98. The number of benzene rings is 2. The van der Waals surface area contributed by atoms with Crippen molar-refractivity contribution < 1.29 is 13.3 Å². The lowest BCUT2D eigenvalue weighted by Crippen LogP contribution is -2.48. The molecule has 0 atom stereocenters. The van der Waals surface area contributed by atoms with Gasteiger partial charge in [-0.25, -0.2) is 8.78 Å². The van der Waals surface area contributed by atoms with Gasteiger partial charge in [0.05, 0.1) is 6.54 Å². The average molecular weight is 455 g/mol. The van der Waals surface area contributed by atoms with Crippen molar-refractivity contribution in [2.24, 2.45) is 0 Å². The molecular formula is C26H32F2N4O. The lowest BCUT2D eigenvalue weighted by atomic mass is 10.00. The fourth-order valence-corrected chi connectivity index (χ4v) is 4.43. The number of nitrogens with zero attached hydrogens (tertiary/aromatic N) is 3. The van der Waals surface area contributed by atoms with Crippen molar-refractivity contribution in [1.82, 2.24) is 15.4 Å². The Hall–Kier alpha value is -2.77. The maximum absolute atomic E-state index is 13.9. The summed E-state index contributed by atoms with van der Waals surface area (Å²) in [6.45, 7) is 11.6. The SMILES string of the molecule is Cc1ccc(N2CCN(CCNCc3cc(-c4ccccc4C(C)(F)F)no3)CC2)c(C)c1. The minimum absolute atomic E-state index is 0.0437. The van der Waals surface area contributed by atoms with Crippen LogP contribution in [-0.2, 0) is 12.5 Å². The highest BCUT2D eigenvalue weighted by Gasteiger charge is 2.28. The molecule has 2 heterocycles. The molecule has 1 saturated heterocycles. The van der Waals surface area contributed by atoms with Crippen LogP contribution in [0, 0.1) is 13.8 Å².